The fraction of sp³-hybridized carbons (Fsp3) is 0.286. The van der Waals surface area contributed by atoms with E-state index in [9.17, 15) is 14.4 Å². The van der Waals surface area contributed by atoms with Crippen LogP contribution in [0.3, 0.4) is 0 Å². The molecule has 2 aliphatic rings. The van der Waals surface area contributed by atoms with Crippen molar-refractivity contribution >= 4 is 46.6 Å². The van der Waals surface area contributed by atoms with Crippen molar-refractivity contribution in [2.75, 3.05) is 31.1 Å². The number of carbonyl (C=O) groups excluding carboxylic acids is 3. The van der Waals surface area contributed by atoms with Gasteiger partial charge in [0.2, 0.25) is 5.91 Å². The van der Waals surface area contributed by atoms with Gasteiger partial charge in [-0.2, -0.15) is 0 Å². The number of piperazine rings is 1. The molecule has 0 saturated carbocycles. The molecule has 2 heterocycles. The molecule has 0 N–H and O–H groups in total. The zero-order valence-electron chi connectivity index (χ0n) is 15.6. The van der Waals surface area contributed by atoms with Crippen molar-refractivity contribution in [2.24, 2.45) is 0 Å². The van der Waals surface area contributed by atoms with E-state index in [1.54, 1.807) is 35.2 Å². The number of amides is 3. The van der Waals surface area contributed by atoms with Gasteiger partial charge in [-0.3, -0.25) is 19.3 Å². The van der Waals surface area contributed by atoms with Crippen LogP contribution >= 0.6 is 23.2 Å². The molecule has 1 unspecified atom stereocenters. The summed E-state index contributed by atoms with van der Waals surface area (Å²) in [4.78, 5) is 43.0. The molecule has 0 radical (unpaired) electrons. The van der Waals surface area contributed by atoms with Gasteiger partial charge in [0.1, 0.15) is 0 Å². The van der Waals surface area contributed by atoms with Gasteiger partial charge in [-0.1, -0.05) is 41.4 Å². The first-order valence-electron chi connectivity index (χ1n) is 9.35. The van der Waals surface area contributed by atoms with Crippen LogP contribution in [0.5, 0.6) is 0 Å². The van der Waals surface area contributed by atoms with Crippen LogP contribution in [0.15, 0.2) is 48.5 Å². The van der Waals surface area contributed by atoms with Gasteiger partial charge in [0.15, 0.2) is 0 Å². The third-order valence-corrected chi connectivity index (χ3v) is 5.73. The largest absolute Gasteiger partial charge is 0.336 e. The first-order chi connectivity index (χ1) is 13.9. The Labute approximate surface area is 178 Å². The minimum atomic E-state index is -0.533. The normalized spacial score (nSPS) is 20.4. The molecule has 2 fully saturated rings. The maximum atomic E-state index is 13.0. The summed E-state index contributed by atoms with van der Waals surface area (Å²) in [6, 6.07) is 13.3. The Morgan fingerprint density at radius 3 is 2.14 bits per heavy atom. The average molecular weight is 432 g/mol. The number of anilines is 1. The summed E-state index contributed by atoms with van der Waals surface area (Å²) in [6.45, 7) is 2.09. The number of hydrogen-bond acceptors (Lipinski definition) is 4. The Hall–Kier alpha value is -2.41. The van der Waals surface area contributed by atoms with Crippen LogP contribution in [0, 0.1) is 0 Å². The Morgan fingerprint density at radius 2 is 1.52 bits per heavy atom. The Morgan fingerprint density at radius 1 is 0.897 bits per heavy atom. The molecule has 0 aromatic heterocycles. The number of rotatable bonds is 3. The van der Waals surface area contributed by atoms with E-state index in [-0.39, 0.29) is 24.1 Å². The Bertz CT molecular complexity index is 939. The van der Waals surface area contributed by atoms with E-state index in [1.807, 2.05) is 23.1 Å². The maximum absolute atomic E-state index is 13.0. The fourth-order valence-electron chi connectivity index (χ4n) is 3.84. The second-order valence-corrected chi connectivity index (χ2v) is 7.98. The number of hydrogen-bond donors (Lipinski definition) is 0. The van der Waals surface area contributed by atoms with Gasteiger partial charge in [-0.25, -0.2) is 4.90 Å². The highest BCUT2D eigenvalue weighted by Crippen LogP contribution is 2.31. The van der Waals surface area contributed by atoms with Gasteiger partial charge in [0, 0.05) is 41.8 Å². The van der Waals surface area contributed by atoms with Gasteiger partial charge in [-0.15, -0.1) is 0 Å². The summed E-state index contributed by atoms with van der Waals surface area (Å²) in [5.41, 5.74) is 1.04. The first kappa shape index (κ1) is 19.9. The molecule has 2 saturated heterocycles. The predicted octanol–water partition coefficient (Wildman–Crippen LogP) is 3.08. The van der Waals surface area contributed by atoms with Crippen molar-refractivity contribution in [2.45, 2.75) is 12.5 Å². The molecule has 2 aliphatic heterocycles. The predicted molar refractivity (Wildman–Crippen MR) is 111 cm³/mol. The molecular formula is C21H19Cl2N3O3. The first-order valence-corrected chi connectivity index (χ1v) is 10.1. The van der Waals surface area contributed by atoms with E-state index in [0.29, 0.717) is 47.5 Å². The number of carbonyl (C=O) groups is 3. The van der Waals surface area contributed by atoms with Crippen LogP contribution in [0.1, 0.15) is 16.8 Å². The van der Waals surface area contributed by atoms with Crippen LogP contribution < -0.4 is 4.90 Å². The van der Waals surface area contributed by atoms with E-state index in [1.165, 1.54) is 0 Å². The number of halogens is 2. The van der Waals surface area contributed by atoms with Gasteiger partial charge in [0.05, 0.1) is 18.2 Å². The SMILES string of the molecule is O=C(c1ccccc1)N1CCN(C2CC(=O)N(c3cc(Cl)cc(Cl)c3)C2=O)CC1. The van der Waals surface area contributed by atoms with Crippen LogP contribution in [-0.4, -0.2) is 59.7 Å². The second-order valence-electron chi connectivity index (χ2n) is 7.11. The van der Waals surface area contributed by atoms with Crippen molar-refractivity contribution in [3.63, 3.8) is 0 Å². The van der Waals surface area contributed by atoms with Crippen LogP contribution in [0.25, 0.3) is 0 Å². The van der Waals surface area contributed by atoms with Crippen LogP contribution in [0.4, 0.5) is 5.69 Å². The molecule has 8 heteroatoms. The van der Waals surface area contributed by atoms with Crippen molar-refractivity contribution in [1.82, 2.24) is 9.80 Å². The molecule has 6 nitrogen and oxygen atoms in total. The molecular weight excluding hydrogens is 413 g/mol. The lowest BCUT2D eigenvalue weighted by molar-refractivity contribution is -0.123. The molecule has 4 rings (SSSR count). The lowest BCUT2D eigenvalue weighted by Crippen LogP contribution is -2.53. The summed E-state index contributed by atoms with van der Waals surface area (Å²) in [7, 11) is 0. The third kappa shape index (κ3) is 4.01. The van der Waals surface area contributed by atoms with Gasteiger partial charge in [-0.05, 0) is 30.3 Å². The van der Waals surface area contributed by atoms with Crippen LogP contribution in [0.2, 0.25) is 10.0 Å². The fourth-order valence-corrected chi connectivity index (χ4v) is 4.36. The van der Waals surface area contributed by atoms with Crippen molar-refractivity contribution in [3.05, 3.63) is 64.1 Å². The van der Waals surface area contributed by atoms with Gasteiger partial charge < -0.3 is 4.90 Å². The van der Waals surface area contributed by atoms with E-state index < -0.39 is 6.04 Å². The van der Waals surface area contributed by atoms with Crippen molar-refractivity contribution < 1.29 is 14.4 Å². The lowest BCUT2D eigenvalue weighted by atomic mass is 10.1. The topological polar surface area (TPSA) is 60.9 Å². The highest BCUT2D eigenvalue weighted by Gasteiger charge is 2.43. The summed E-state index contributed by atoms with van der Waals surface area (Å²) in [5.74, 6) is -0.577. The molecule has 2 aromatic rings. The highest BCUT2D eigenvalue weighted by molar-refractivity contribution is 6.35. The molecule has 29 heavy (non-hydrogen) atoms. The van der Waals surface area contributed by atoms with E-state index >= 15 is 0 Å². The van der Waals surface area contributed by atoms with Crippen LogP contribution in [-0.2, 0) is 9.59 Å². The molecule has 0 spiro atoms. The summed E-state index contributed by atoms with van der Waals surface area (Å²) < 4.78 is 0. The number of imide groups is 1. The third-order valence-electron chi connectivity index (χ3n) is 5.29. The highest BCUT2D eigenvalue weighted by atomic mass is 35.5. The Kier molecular flexibility index (Phi) is 5.58. The van der Waals surface area contributed by atoms with Crippen molar-refractivity contribution in [3.8, 4) is 0 Å². The molecule has 0 aliphatic carbocycles. The van der Waals surface area contributed by atoms with Gasteiger partial charge in [0.25, 0.3) is 11.8 Å². The van der Waals surface area contributed by atoms with E-state index in [2.05, 4.69) is 0 Å². The Balaban J connectivity index is 1.43. The average Bonchev–Trinajstić information content (AvgIpc) is 3.01. The minimum Gasteiger partial charge on any atom is -0.336 e. The molecule has 3 amide bonds. The number of nitrogens with zero attached hydrogens (tertiary/aromatic N) is 3. The minimum absolute atomic E-state index is 0.0192. The molecule has 1 atom stereocenters. The lowest BCUT2D eigenvalue weighted by Gasteiger charge is -2.37. The van der Waals surface area contributed by atoms with Crippen molar-refractivity contribution in [1.29, 1.82) is 0 Å². The summed E-state index contributed by atoms with van der Waals surface area (Å²) in [6.07, 6.45) is 0.107. The molecule has 2 aromatic carbocycles. The smallest absolute Gasteiger partial charge is 0.253 e. The zero-order chi connectivity index (χ0) is 20.5. The van der Waals surface area contributed by atoms with Gasteiger partial charge >= 0.3 is 0 Å². The summed E-state index contributed by atoms with van der Waals surface area (Å²) >= 11 is 12.0. The van der Waals surface area contributed by atoms with E-state index in [0.717, 1.165) is 4.90 Å². The summed E-state index contributed by atoms with van der Waals surface area (Å²) in [5, 5.41) is 0.731. The second kappa shape index (κ2) is 8.14. The zero-order valence-corrected chi connectivity index (χ0v) is 17.1. The molecule has 0 bridgehead atoms. The molecule has 150 valence electrons. The standard InChI is InChI=1S/C21H19Cl2N3O3/c22-15-10-16(23)12-17(11-15)26-19(27)13-18(21(26)29)24-6-8-25(9-7-24)20(28)14-4-2-1-3-5-14/h1-5,10-12,18H,6-9,13H2. The quantitative estimate of drug-likeness (QED) is 0.700. The maximum Gasteiger partial charge on any atom is 0.253 e. The monoisotopic (exact) mass is 431 g/mol. The van der Waals surface area contributed by atoms with E-state index in [4.69, 9.17) is 23.2 Å². The number of benzene rings is 2.